The smallest absolute Gasteiger partial charge is 0.394 e. The van der Waals surface area contributed by atoms with Crippen LogP contribution >= 0.6 is 0 Å². The fourth-order valence-corrected chi connectivity index (χ4v) is 2.07. The SMILES string of the molecule is CCc1c(N(CC)CCO)ccc(N)c1C.O=S(=O)(O)O. The first-order valence-electron chi connectivity index (χ1n) is 6.59. The Morgan fingerprint density at radius 3 is 2.14 bits per heavy atom. The number of hydrogen-bond acceptors (Lipinski definition) is 5. The first-order chi connectivity index (χ1) is 9.65. The zero-order chi connectivity index (χ0) is 16.6. The molecule has 1 rings (SSSR count). The summed E-state index contributed by atoms with van der Waals surface area (Å²) in [6.45, 7) is 8.05. The first kappa shape index (κ1) is 19.7. The minimum absolute atomic E-state index is 0.181. The lowest BCUT2D eigenvalue weighted by molar-refractivity contribution is 0.302. The third kappa shape index (κ3) is 7.28. The highest BCUT2D eigenvalue weighted by Gasteiger charge is 2.11. The monoisotopic (exact) mass is 320 g/mol. The first-order valence-corrected chi connectivity index (χ1v) is 7.98. The Kier molecular flexibility index (Phi) is 8.26. The van der Waals surface area contributed by atoms with Crippen molar-refractivity contribution in [1.82, 2.24) is 0 Å². The van der Waals surface area contributed by atoms with Crippen molar-refractivity contribution < 1.29 is 22.6 Å². The second-order valence-corrected chi connectivity index (χ2v) is 5.28. The molecule has 0 radical (unpaired) electrons. The van der Waals surface area contributed by atoms with E-state index in [1.165, 1.54) is 11.3 Å². The molecule has 0 fully saturated rings. The Labute approximate surface area is 126 Å². The molecule has 0 aromatic heterocycles. The van der Waals surface area contributed by atoms with Gasteiger partial charge < -0.3 is 15.7 Å². The number of aliphatic hydroxyl groups excluding tert-OH is 1. The van der Waals surface area contributed by atoms with Gasteiger partial charge in [0.15, 0.2) is 0 Å². The summed E-state index contributed by atoms with van der Waals surface area (Å²) in [4.78, 5) is 2.19. The molecule has 0 spiro atoms. The molecule has 7 nitrogen and oxygen atoms in total. The van der Waals surface area contributed by atoms with Crippen molar-refractivity contribution in [3.63, 3.8) is 0 Å². The van der Waals surface area contributed by atoms with Crippen LogP contribution in [0.3, 0.4) is 0 Å². The second kappa shape index (κ2) is 8.83. The van der Waals surface area contributed by atoms with Crippen LogP contribution in [0.25, 0.3) is 0 Å². The minimum Gasteiger partial charge on any atom is -0.399 e. The van der Waals surface area contributed by atoms with E-state index in [1.807, 2.05) is 6.07 Å². The highest BCUT2D eigenvalue weighted by Crippen LogP contribution is 2.28. The van der Waals surface area contributed by atoms with Gasteiger partial charge in [-0.3, -0.25) is 9.11 Å². The Balaban J connectivity index is 0.000000690. The van der Waals surface area contributed by atoms with Crippen LogP contribution in [-0.4, -0.2) is 42.3 Å². The number of nitrogens with two attached hydrogens (primary N) is 1. The summed E-state index contributed by atoms with van der Waals surface area (Å²) >= 11 is 0. The van der Waals surface area contributed by atoms with E-state index in [0.717, 1.165) is 24.2 Å². The molecule has 21 heavy (non-hydrogen) atoms. The van der Waals surface area contributed by atoms with Crippen molar-refractivity contribution in [1.29, 1.82) is 0 Å². The lowest BCUT2D eigenvalue weighted by Gasteiger charge is -2.26. The van der Waals surface area contributed by atoms with Crippen molar-refractivity contribution in [3.05, 3.63) is 23.3 Å². The van der Waals surface area contributed by atoms with Gasteiger partial charge in [0.25, 0.3) is 0 Å². The number of benzene rings is 1. The molecule has 122 valence electrons. The van der Waals surface area contributed by atoms with Gasteiger partial charge >= 0.3 is 10.4 Å². The molecule has 1 aromatic rings. The zero-order valence-electron chi connectivity index (χ0n) is 12.6. The van der Waals surface area contributed by atoms with Gasteiger partial charge in [0.1, 0.15) is 0 Å². The number of anilines is 2. The van der Waals surface area contributed by atoms with Crippen molar-refractivity contribution in [2.75, 3.05) is 30.3 Å². The summed E-state index contributed by atoms with van der Waals surface area (Å²) in [5.74, 6) is 0. The zero-order valence-corrected chi connectivity index (χ0v) is 13.4. The predicted molar refractivity (Wildman–Crippen MR) is 84.1 cm³/mol. The van der Waals surface area contributed by atoms with E-state index < -0.39 is 10.4 Å². The largest absolute Gasteiger partial charge is 0.399 e. The van der Waals surface area contributed by atoms with Crippen LogP contribution < -0.4 is 10.6 Å². The van der Waals surface area contributed by atoms with Crippen LogP contribution in [0, 0.1) is 6.92 Å². The van der Waals surface area contributed by atoms with Gasteiger partial charge in [0.05, 0.1) is 6.61 Å². The fourth-order valence-electron chi connectivity index (χ4n) is 2.07. The molecule has 8 heteroatoms. The van der Waals surface area contributed by atoms with Crippen LogP contribution in [0.15, 0.2) is 12.1 Å². The third-order valence-electron chi connectivity index (χ3n) is 3.06. The van der Waals surface area contributed by atoms with Gasteiger partial charge in [0, 0.05) is 24.5 Å². The van der Waals surface area contributed by atoms with Gasteiger partial charge in [-0.1, -0.05) is 6.92 Å². The molecular weight excluding hydrogens is 296 g/mol. The average molecular weight is 320 g/mol. The molecule has 0 bridgehead atoms. The molecule has 0 atom stereocenters. The summed E-state index contributed by atoms with van der Waals surface area (Å²) in [6.07, 6.45) is 0.966. The van der Waals surface area contributed by atoms with E-state index in [9.17, 15) is 0 Å². The van der Waals surface area contributed by atoms with E-state index in [1.54, 1.807) is 0 Å². The molecule has 0 unspecified atom stereocenters. The summed E-state index contributed by atoms with van der Waals surface area (Å²) in [5, 5.41) is 9.05. The topological polar surface area (TPSA) is 124 Å². The van der Waals surface area contributed by atoms with Gasteiger partial charge in [0.2, 0.25) is 0 Å². The molecular formula is C13H24N2O5S. The lowest BCUT2D eigenvalue weighted by atomic mass is 10.0. The number of hydrogen-bond donors (Lipinski definition) is 4. The molecule has 0 aliphatic rings. The molecule has 0 aliphatic heterocycles. The quantitative estimate of drug-likeness (QED) is 0.476. The number of likely N-dealkylation sites (N-methyl/N-ethyl adjacent to an activating group) is 1. The van der Waals surface area contributed by atoms with E-state index in [-0.39, 0.29) is 6.61 Å². The number of nitrogens with zero attached hydrogens (tertiary/aromatic N) is 1. The van der Waals surface area contributed by atoms with Gasteiger partial charge in [-0.2, -0.15) is 8.42 Å². The van der Waals surface area contributed by atoms with Crippen molar-refractivity contribution >= 4 is 21.8 Å². The highest BCUT2D eigenvalue weighted by molar-refractivity contribution is 7.79. The third-order valence-corrected chi connectivity index (χ3v) is 3.06. The summed E-state index contributed by atoms with van der Waals surface area (Å²) < 4.78 is 31.6. The maximum Gasteiger partial charge on any atom is 0.394 e. The van der Waals surface area contributed by atoms with E-state index in [4.69, 9.17) is 28.4 Å². The average Bonchev–Trinajstić information content (AvgIpc) is 2.37. The van der Waals surface area contributed by atoms with Crippen LogP contribution in [-0.2, 0) is 16.8 Å². The molecule has 0 heterocycles. The van der Waals surface area contributed by atoms with E-state index in [2.05, 4.69) is 31.7 Å². The minimum atomic E-state index is -4.67. The van der Waals surface area contributed by atoms with Crippen LogP contribution in [0.5, 0.6) is 0 Å². The van der Waals surface area contributed by atoms with Gasteiger partial charge in [-0.15, -0.1) is 0 Å². The predicted octanol–water partition coefficient (Wildman–Crippen LogP) is 1.31. The van der Waals surface area contributed by atoms with E-state index >= 15 is 0 Å². The molecule has 0 saturated heterocycles. The standard InChI is InChI=1S/C13H22N2O.H2O4S/c1-4-11-10(3)12(14)6-7-13(11)15(5-2)8-9-16;1-5(2,3)4/h6-7,16H,4-5,8-9,14H2,1-3H3;(H2,1,2,3,4). The van der Waals surface area contributed by atoms with Crippen molar-refractivity contribution in [2.24, 2.45) is 0 Å². The Morgan fingerprint density at radius 2 is 1.76 bits per heavy atom. The second-order valence-electron chi connectivity index (χ2n) is 4.38. The Morgan fingerprint density at radius 1 is 1.24 bits per heavy atom. The number of rotatable bonds is 5. The normalized spacial score (nSPS) is 10.8. The summed E-state index contributed by atoms with van der Waals surface area (Å²) in [6, 6.07) is 4.00. The Bertz CT molecular complexity index is 538. The summed E-state index contributed by atoms with van der Waals surface area (Å²) in [7, 11) is -4.67. The molecule has 0 amide bonds. The maximum absolute atomic E-state index is 9.05. The van der Waals surface area contributed by atoms with Crippen LogP contribution in [0.1, 0.15) is 25.0 Å². The maximum atomic E-state index is 9.05. The lowest BCUT2D eigenvalue weighted by Crippen LogP contribution is -2.27. The summed E-state index contributed by atoms with van der Waals surface area (Å²) in [5.41, 5.74) is 10.4. The Hall–Kier alpha value is -1.35. The number of aliphatic hydroxyl groups is 1. The molecule has 0 aliphatic carbocycles. The van der Waals surface area contributed by atoms with Crippen molar-refractivity contribution in [2.45, 2.75) is 27.2 Å². The van der Waals surface area contributed by atoms with Crippen LogP contribution in [0.2, 0.25) is 0 Å². The molecule has 0 saturated carbocycles. The fraction of sp³-hybridized carbons (Fsp3) is 0.538. The van der Waals surface area contributed by atoms with E-state index in [0.29, 0.717) is 6.54 Å². The highest BCUT2D eigenvalue weighted by atomic mass is 32.3. The molecule has 1 aromatic carbocycles. The number of nitrogen functional groups attached to an aromatic ring is 1. The van der Waals surface area contributed by atoms with Gasteiger partial charge in [-0.05, 0) is 43.5 Å². The van der Waals surface area contributed by atoms with Crippen molar-refractivity contribution in [3.8, 4) is 0 Å². The van der Waals surface area contributed by atoms with Crippen LogP contribution in [0.4, 0.5) is 11.4 Å². The molecule has 5 N–H and O–H groups in total. The van der Waals surface area contributed by atoms with Gasteiger partial charge in [-0.25, -0.2) is 0 Å².